The highest BCUT2D eigenvalue weighted by Crippen LogP contribution is 2.38. The molecule has 1 aliphatic heterocycles. The number of carbonyl (C=O) groups excluding carboxylic acids is 1. The highest BCUT2D eigenvalue weighted by atomic mass is 16.5. The molecule has 7 nitrogen and oxygen atoms in total. The molecule has 0 radical (unpaired) electrons. The van der Waals surface area contributed by atoms with Gasteiger partial charge in [-0.15, -0.1) is 0 Å². The Hall–Kier alpha value is -2.44. The molecular formula is C14H19N3O4. The molecule has 21 heavy (non-hydrogen) atoms. The molecule has 1 unspecified atom stereocenters. The van der Waals surface area contributed by atoms with E-state index in [2.05, 4.69) is 15.0 Å². The first-order chi connectivity index (χ1) is 10.1. The maximum atomic E-state index is 11.3. The van der Waals surface area contributed by atoms with Crippen molar-refractivity contribution in [2.24, 2.45) is 4.99 Å². The van der Waals surface area contributed by atoms with Crippen molar-refractivity contribution in [3.63, 3.8) is 0 Å². The van der Waals surface area contributed by atoms with Crippen LogP contribution < -0.4 is 14.8 Å². The summed E-state index contributed by atoms with van der Waals surface area (Å²) in [5, 5.41) is 2.59. The lowest BCUT2D eigenvalue weighted by Crippen LogP contribution is -2.40. The molecular weight excluding hydrogens is 274 g/mol. The van der Waals surface area contributed by atoms with Crippen molar-refractivity contribution in [1.82, 2.24) is 10.2 Å². The molecule has 114 valence electrons. The molecule has 1 atom stereocenters. The number of hydrogen-bond donors (Lipinski definition) is 1. The topological polar surface area (TPSA) is 72.4 Å². The largest absolute Gasteiger partial charge is 0.493 e. The van der Waals surface area contributed by atoms with Crippen LogP contribution in [0.1, 0.15) is 11.6 Å². The molecule has 1 heterocycles. The van der Waals surface area contributed by atoms with Crippen LogP contribution in [0.4, 0.5) is 4.79 Å². The number of alkyl carbamates (subject to hydrolysis) is 1. The Kier molecular flexibility index (Phi) is 4.52. The zero-order valence-electron chi connectivity index (χ0n) is 12.5. The van der Waals surface area contributed by atoms with E-state index in [1.165, 1.54) is 7.11 Å². The number of carbonyl (C=O) groups is 1. The minimum atomic E-state index is -0.543. The molecule has 7 heteroatoms. The van der Waals surface area contributed by atoms with Crippen LogP contribution in [0.5, 0.6) is 11.5 Å². The SMILES string of the molecule is COC(=O)NC1=NCC(c2cccc(OC)c2OC)N1C. The average molecular weight is 293 g/mol. The number of nitrogens with one attached hydrogen (secondary N) is 1. The molecule has 0 aliphatic carbocycles. The van der Waals surface area contributed by atoms with Crippen LogP contribution in [0.15, 0.2) is 23.2 Å². The summed E-state index contributed by atoms with van der Waals surface area (Å²) in [5.74, 6) is 1.81. The smallest absolute Gasteiger partial charge is 0.413 e. The number of para-hydroxylation sites is 1. The van der Waals surface area contributed by atoms with Gasteiger partial charge in [-0.05, 0) is 6.07 Å². The van der Waals surface area contributed by atoms with Crippen LogP contribution >= 0.6 is 0 Å². The molecule has 0 saturated heterocycles. The number of guanidine groups is 1. The average Bonchev–Trinajstić information content (AvgIpc) is 2.87. The maximum Gasteiger partial charge on any atom is 0.413 e. The highest BCUT2D eigenvalue weighted by molar-refractivity contribution is 5.95. The van der Waals surface area contributed by atoms with Gasteiger partial charge in [0.1, 0.15) is 0 Å². The fourth-order valence-electron chi connectivity index (χ4n) is 2.31. The molecule has 1 aliphatic rings. The van der Waals surface area contributed by atoms with E-state index in [0.29, 0.717) is 24.0 Å². The number of methoxy groups -OCH3 is 3. The first-order valence-corrected chi connectivity index (χ1v) is 6.45. The van der Waals surface area contributed by atoms with Gasteiger partial charge in [-0.25, -0.2) is 4.79 Å². The van der Waals surface area contributed by atoms with Gasteiger partial charge in [-0.1, -0.05) is 12.1 Å². The minimum absolute atomic E-state index is 0.0396. The van der Waals surface area contributed by atoms with E-state index < -0.39 is 6.09 Å². The van der Waals surface area contributed by atoms with Crippen LogP contribution in [0, 0.1) is 0 Å². The van der Waals surface area contributed by atoms with Gasteiger partial charge in [0.25, 0.3) is 0 Å². The Morgan fingerprint density at radius 2 is 2.10 bits per heavy atom. The fourth-order valence-corrected chi connectivity index (χ4v) is 2.31. The van der Waals surface area contributed by atoms with E-state index in [0.717, 1.165) is 5.56 Å². The number of rotatable bonds is 3. The molecule has 0 bridgehead atoms. The number of aliphatic imine (C=N–C) groups is 1. The molecule has 1 amide bonds. The Morgan fingerprint density at radius 1 is 1.33 bits per heavy atom. The number of ether oxygens (including phenoxy) is 3. The van der Waals surface area contributed by atoms with Gasteiger partial charge in [0, 0.05) is 12.6 Å². The van der Waals surface area contributed by atoms with Crippen LogP contribution in [-0.4, -0.2) is 51.9 Å². The normalized spacial score (nSPS) is 17.2. The Bertz CT molecular complexity index is 559. The predicted molar refractivity (Wildman–Crippen MR) is 77.9 cm³/mol. The van der Waals surface area contributed by atoms with Gasteiger partial charge < -0.3 is 19.1 Å². The first-order valence-electron chi connectivity index (χ1n) is 6.45. The highest BCUT2D eigenvalue weighted by Gasteiger charge is 2.30. The van der Waals surface area contributed by atoms with E-state index in [1.54, 1.807) is 14.2 Å². The third-order valence-electron chi connectivity index (χ3n) is 3.41. The summed E-state index contributed by atoms with van der Waals surface area (Å²) in [6, 6.07) is 5.66. The van der Waals surface area contributed by atoms with Crippen molar-refractivity contribution in [1.29, 1.82) is 0 Å². The number of nitrogens with zero attached hydrogens (tertiary/aromatic N) is 2. The third-order valence-corrected chi connectivity index (χ3v) is 3.41. The summed E-state index contributed by atoms with van der Waals surface area (Å²) in [4.78, 5) is 17.5. The monoisotopic (exact) mass is 293 g/mol. The fraction of sp³-hybridized carbons (Fsp3) is 0.429. The molecule has 2 rings (SSSR count). The zero-order valence-corrected chi connectivity index (χ0v) is 12.5. The van der Waals surface area contributed by atoms with Gasteiger partial charge in [0.05, 0.1) is 33.9 Å². The summed E-state index contributed by atoms with van der Waals surface area (Å²) in [7, 11) is 6.37. The number of hydrogen-bond acceptors (Lipinski definition) is 6. The van der Waals surface area contributed by atoms with E-state index in [-0.39, 0.29) is 6.04 Å². The van der Waals surface area contributed by atoms with Crippen molar-refractivity contribution in [2.45, 2.75) is 6.04 Å². The van der Waals surface area contributed by atoms with Crippen molar-refractivity contribution >= 4 is 12.1 Å². The lowest BCUT2D eigenvalue weighted by atomic mass is 10.0. The molecule has 0 fully saturated rings. The second kappa shape index (κ2) is 6.34. The second-order valence-electron chi connectivity index (χ2n) is 4.49. The second-order valence-corrected chi connectivity index (χ2v) is 4.49. The van der Waals surface area contributed by atoms with Gasteiger partial charge in [0.2, 0.25) is 5.96 Å². The minimum Gasteiger partial charge on any atom is -0.493 e. The first kappa shape index (κ1) is 15.0. The number of benzene rings is 1. The third kappa shape index (κ3) is 2.86. The summed E-state index contributed by atoms with van der Waals surface area (Å²) < 4.78 is 15.3. The van der Waals surface area contributed by atoms with Crippen molar-refractivity contribution in [2.75, 3.05) is 34.9 Å². The molecule has 0 spiro atoms. The lowest BCUT2D eigenvalue weighted by Gasteiger charge is -2.25. The summed E-state index contributed by atoms with van der Waals surface area (Å²) in [5.41, 5.74) is 0.949. The van der Waals surface area contributed by atoms with Crippen molar-refractivity contribution in [3.05, 3.63) is 23.8 Å². The Morgan fingerprint density at radius 3 is 2.71 bits per heavy atom. The van der Waals surface area contributed by atoms with Crippen LogP contribution in [0.3, 0.4) is 0 Å². The van der Waals surface area contributed by atoms with Crippen LogP contribution in [0.2, 0.25) is 0 Å². The van der Waals surface area contributed by atoms with Crippen molar-refractivity contribution < 1.29 is 19.0 Å². The Labute approximate surface area is 123 Å². The van der Waals surface area contributed by atoms with E-state index >= 15 is 0 Å². The van der Waals surface area contributed by atoms with Gasteiger partial charge in [-0.3, -0.25) is 10.3 Å². The quantitative estimate of drug-likeness (QED) is 0.912. The number of amides is 1. The summed E-state index contributed by atoms with van der Waals surface area (Å²) in [6.45, 7) is 0.513. The number of likely N-dealkylation sites (N-methyl/N-ethyl adjacent to an activating group) is 1. The van der Waals surface area contributed by atoms with Gasteiger partial charge >= 0.3 is 6.09 Å². The Balaban J connectivity index is 2.24. The molecule has 1 aromatic rings. The van der Waals surface area contributed by atoms with E-state index in [4.69, 9.17) is 9.47 Å². The standard InChI is InChI=1S/C14H19N3O4/c1-17-10(8-15-13(17)16-14(18)21-4)9-6-5-7-11(19-2)12(9)20-3/h5-7,10H,8H2,1-4H3,(H,15,16,18). The van der Waals surface area contributed by atoms with Gasteiger partial charge in [0.15, 0.2) is 11.5 Å². The molecule has 1 N–H and O–H groups in total. The van der Waals surface area contributed by atoms with E-state index in [1.807, 2.05) is 30.1 Å². The molecule has 0 aromatic heterocycles. The zero-order chi connectivity index (χ0) is 15.4. The van der Waals surface area contributed by atoms with E-state index in [9.17, 15) is 4.79 Å². The summed E-state index contributed by atoms with van der Waals surface area (Å²) in [6.07, 6.45) is -0.543. The van der Waals surface area contributed by atoms with Gasteiger partial charge in [-0.2, -0.15) is 0 Å². The lowest BCUT2D eigenvalue weighted by molar-refractivity contribution is 0.175. The summed E-state index contributed by atoms with van der Waals surface area (Å²) >= 11 is 0. The maximum absolute atomic E-state index is 11.3. The van der Waals surface area contributed by atoms with Crippen LogP contribution in [0.25, 0.3) is 0 Å². The predicted octanol–water partition coefficient (Wildman–Crippen LogP) is 1.40. The van der Waals surface area contributed by atoms with Crippen molar-refractivity contribution in [3.8, 4) is 11.5 Å². The van der Waals surface area contributed by atoms with Crippen LogP contribution in [-0.2, 0) is 4.74 Å². The molecule has 1 aromatic carbocycles. The molecule has 0 saturated carbocycles.